The summed E-state index contributed by atoms with van der Waals surface area (Å²) in [4.78, 5) is 17.2. The van der Waals surface area contributed by atoms with Gasteiger partial charge in [0.05, 0.1) is 16.8 Å². The zero-order chi connectivity index (χ0) is 21.8. The average molecular weight is 440 g/mol. The van der Waals surface area contributed by atoms with Crippen LogP contribution in [0.5, 0.6) is 0 Å². The Morgan fingerprint density at radius 1 is 1.19 bits per heavy atom. The van der Waals surface area contributed by atoms with Gasteiger partial charge in [-0.2, -0.15) is 0 Å². The Kier molecular flexibility index (Phi) is 6.61. The van der Waals surface area contributed by atoms with Gasteiger partial charge in [0.2, 0.25) is 0 Å². The van der Waals surface area contributed by atoms with Crippen LogP contribution >= 0.6 is 0 Å². The predicted octanol–water partition coefficient (Wildman–Crippen LogP) is 4.71. The smallest absolute Gasteiger partial charge is 0.255 e. The minimum atomic E-state index is -0.973. The number of nitrogens with one attached hydrogen (secondary N) is 2. The number of carbonyl (C=O) groups excluding carboxylic acids is 1. The normalized spacial score (nSPS) is 14.4. The molecule has 1 amide bonds. The molecular weight excluding hydrogens is 413 g/mol. The molecular formula is C24H26FN3O2S. The molecule has 1 fully saturated rings. The van der Waals surface area contributed by atoms with Gasteiger partial charge in [0.25, 0.3) is 5.91 Å². The van der Waals surface area contributed by atoms with Crippen molar-refractivity contribution in [2.75, 3.05) is 16.8 Å². The van der Waals surface area contributed by atoms with Gasteiger partial charge in [-0.15, -0.1) is 0 Å². The molecule has 1 aromatic heterocycles. The monoisotopic (exact) mass is 439 g/mol. The lowest BCUT2D eigenvalue weighted by molar-refractivity contribution is 0.0951. The fraction of sp³-hybridized carbons (Fsp3) is 0.333. The topological polar surface area (TPSA) is 71.1 Å². The number of hydrogen-bond acceptors (Lipinski definition) is 4. The molecule has 5 nitrogen and oxygen atoms in total. The van der Waals surface area contributed by atoms with Gasteiger partial charge in [0.15, 0.2) is 0 Å². The number of para-hydroxylation sites is 1. The van der Waals surface area contributed by atoms with Crippen LogP contribution in [0, 0.1) is 5.82 Å². The van der Waals surface area contributed by atoms with E-state index in [9.17, 15) is 13.4 Å². The molecule has 0 bridgehead atoms. The molecule has 0 spiro atoms. The van der Waals surface area contributed by atoms with Crippen molar-refractivity contribution < 1.29 is 13.4 Å². The van der Waals surface area contributed by atoms with Gasteiger partial charge in [0, 0.05) is 51.7 Å². The minimum absolute atomic E-state index is 0.190. The van der Waals surface area contributed by atoms with Crippen molar-refractivity contribution in [3.8, 4) is 0 Å². The number of nitrogens with zero attached hydrogens (tertiary/aromatic N) is 1. The third kappa shape index (κ3) is 5.28. The van der Waals surface area contributed by atoms with Crippen molar-refractivity contribution in [2.24, 2.45) is 0 Å². The second-order valence-electron chi connectivity index (χ2n) is 7.84. The van der Waals surface area contributed by atoms with Gasteiger partial charge in [0.1, 0.15) is 5.82 Å². The predicted molar refractivity (Wildman–Crippen MR) is 124 cm³/mol. The van der Waals surface area contributed by atoms with Crippen molar-refractivity contribution >= 4 is 39.0 Å². The Labute approximate surface area is 183 Å². The molecule has 1 atom stereocenters. The lowest BCUT2D eigenvalue weighted by Crippen LogP contribution is -2.26. The molecule has 3 aromatic rings. The number of carbonyl (C=O) groups is 1. The molecule has 1 aliphatic rings. The highest BCUT2D eigenvalue weighted by atomic mass is 32.2. The summed E-state index contributed by atoms with van der Waals surface area (Å²) in [5, 5.41) is 7.02. The maximum absolute atomic E-state index is 14.7. The van der Waals surface area contributed by atoms with Crippen LogP contribution in [0.25, 0.3) is 10.9 Å². The van der Waals surface area contributed by atoms with E-state index >= 15 is 0 Å². The molecule has 2 N–H and O–H groups in total. The Morgan fingerprint density at radius 2 is 1.97 bits per heavy atom. The standard InChI is InChI=1S/C24H26FN3O2S/c1-2-11-31(30)12-10-16-13-19-22(14-21(16)25)26-15-20(24(29)28-18-8-9-18)23(19)27-17-6-4-3-5-7-17/h3-7,13-15,18H,2,8-12H2,1H3,(H,26,27)(H,28,29). The maximum atomic E-state index is 14.7. The molecule has 4 rings (SSSR count). The zero-order valence-corrected chi connectivity index (χ0v) is 18.3. The second-order valence-corrected chi connectivity index (χ2v) is 9.54. The van der Waals surface area contributed by atoms with E-state index in [1.807, 2.05) is 37.3 Å². The first-order valence-corrected chi connectivity index (χ1v) is 12.1. The summed E-state index contributed by atoms with van der Waals surface area (Å²) in [5.41, 5.74) is 2.80. The van der Waals surface area contributed by atoms with E-state index in [0.717, 1.165) is 24.9 Å². The van der Waals surface area contributed by atoms with Crippen molar-refractivity contribution in [1.82, 2.24) is 10.3 Å². The third-order valence-electron chi connectivity index (χ3n) is 5.27. The zero-order valence-electron chi connectivity index (χ0n) is 17.5. The lowest BCUT2D eigenvalue weighted by atomic mass is 10.0. The Hall–Kier alpha value is -2.80. The fourth-order valence-electron chi connectivity index (χ4n) is 3.47. The third-order valence-corrected chi connectivity index (χ3v) is 6.79. The summed E-state index contributed by atoms with van der Waals surface area (Å²) < 4.78 is 26.8. The van der Waals surface area contributed by atoms with Gasteiger partial charge in [-0.3, -0.25) is 14.0 Å². The van der Waals surface area contributed by atoms with Gasteiger partial charge in [-0.05, 0) is 49.4 Å². The summed E-state index contributed by atoms with van der Waals surface area (Å²) in [6.45, 7) is 1.98. The van der Waals surface area contributed by atoms with E-state index in [1.54, 1.807) is 6.07 Å². The number of fused-ring (bicyclic) bond motifs is 1. The first kappa shape index (κ1) is 21.4. The van der Waals surface area contributed by atoms with Crippen molar-refractivity contribution in [3.63, 3.8) is 0 Å². The highest BCUT2D eigenvalue weighted by Crippen LogP contribution is 2.32. The van der Waals surface area contributed by atoms with Crippen LogP contribution in [0.2, 0.25) is 0 Å². The fourth-order valence-corrected chi connectivity index (χ4v) is 4.57. The quantitative estimate of drug-likeness (QED) is 0.507. The molecule has 1 unspecified atom stereocenters. The van der Waals surface area contributed by atoms with E-state index < -0.39 is 10.8 Å². The number of anilines is 2. The van der Waals surface area contributed by atoms with Crippen LogP contribution < -0.4 is 10.6 Å². The maximum Gasteiger partial charge on any atom is 0.255 e. The molecule has 2 aromatic carbocycles. The van der Waals surface area contributed by atoms with Crippen molar-refractivity contribution in [3.05, 3.63) is 65.6 Å². The summed E-state index contributed by atoms with van der Waals surface area (Å²) in [6, 6.07) is 12.9. The Morgan fingerprint density at radius 3 is 2.68 bits per heavy atom. The van der Waals surface area contributed by atoms with Gasteiger partial charge < -0.3 is 10.6 Å². The summed E-state index contributed by atoms with van der Waals surface area (Å²) in [6.07, 6.45) is 4.68. The molecule has 1 aliphatic carbocycles. The number of rotatable bonds is 9. The van der Waals surface area contributed by atoms with Crippen LogP contribution in [-0.4, -0.2) is 32.6 Å². The lowest BCUT2D eigenvalue weighted by Gasteiger charge is -2.16. The van der Waals surface area contributed by atoms with Crippen LogP contribution in [0.4, 0.5) is 15.8 Å². The number of benzene rings is 2. The van der Waals surface area contributed by atoms with E-state index in [2.05, 4.69) is 15.6 Å². The SMILES string of the molecule is CCCS(=O)CCc1cc2c(Nc3ccccc3)c(C(=O)NC3CC3)cnc2cc1F. The van der Waals surface area contributed by atoms with Crippen LogP contribution in [0.1, 0.15) is 42.1 Å². The number of hydrogen-bond donors (Lipinski definition) is 2. The summed E-state index contributed by atoms with van der Waals surface area (Å²) >= 11 is 0. The molecule has 0 saturated heterocycles. The van der Waals surface area contributed by atoms with E-state index in [-0.39, 0.29) is 17.8 Å². The van der Waals surface area contributed by atoms with E-state index in [0.29, 0.717) is 45.6 Å². The van der Waals surface area contributed by atoms with Crippen LogP contribution in [-0.2, 0) is 17.2 Å². The van der Waals surface area contributed by atoms with Crippen molar-refractivity contribution in [1.29, 1.82) is 0 Å². The van der Waals surface area contributed by atoms with Gasteiger partial charge in [-0.1, -0.05) is 25.1 Å². The van der Waals surface area contributed by atoms with Crippen LogP contribution in [0.15, 0.2) is 48.7 Å². The van der Waals surface area contributed by atoms with Crippen molar-refractivity contribution in [2.45, 2.75) is 38.6 Å². The molecule has 7 heteroatoms. The minimum Gasteiger partial charge on any atom is -0.354 e. The first-order valence-electron chi connectivity index (χ1n) is 10.6. The molecule has 1 heterocycles. The molecule has 0 aliphatic heterocycles. The number of halogens is 1. The number of pyridine rings is 1. The molecule has 1 saturated carbocycles. The van der Waals surface area contributed by atoms with Gasteiger partial charge in [-0.25, -0.2) is 4.39 Å². The van der Waals surface area contributed by atoms with Gasteiger partial charge >= 0.3 is 0 Å². The molecule has 31 heavy (non-hydrogen) atoms. The van der Waals surface area contributed by atoms with E-state index in [4.69, 9.17) is 0 Å². The van der Waals surface area contributed by atoms with E-state index in [1.165, 1.54) is 12.3 Å². The number of aromatic nitrogens is 1. The number of amides is 1. The first-order chi connectivity index (χ1) is 15.0. The largest absolute Gasteiger partial charge is 0.354 e. The highest BCUT2D eigenvalue weighted by Gasteiger charge is 2.26. The number of aryl methyl sites for hydroxylation is 1. The Bertz CT molecular complexity index is 1120. The average Bonchev–Trinajstić information content (AvgIpc) is 3.57. The summed E-state index contributed by atoms with van der Waals surface area (Å²) in [7, 11) is -0.973. The molecule has 162 valence electrons. The van der Waals surface area contributed by atoms with Crippen LogP contribution in [0.3, 0.4) is 0 Å². The summed E-state index contributed by atoms with van der Waals surface area (Å²) in [5.74, 6) is 0.468. The second kappa shape index (κ2) is 9.56. The molecule has 0 radical (unpaired) electrons. The highest BCUT2D eigenvalue weighted by molar-refractivity contribution is 7.84. The Balaban J connectivity index is 1.75.